The zero-order valence-electron chi connectivity index (χ0n) is 14.8. The van der Waals surface area contributed by atoms with Gasteiger partial charge in [-0.15, -0.1) is 0 Å². The lowest BCUT2D eigenvalue weighted by Crippen LogP contribution is -2.44. The molecule has 1 aromatic rings. The number of carboxylic acid groups (broad SMARTS) is 1. The Morgan fingerprint density at radius 1 is 1.32 bits per heavy atom. The van der Waals surface area contributed by atoms with Gasteiger partial charge in [0.25, 0.3) is 0 Å². The fourth-order valence-electron chi connectivity index (χ4n) is 2.97. The van der Waals surface area contributed by atoms with Crippen molar-refractivity contribution in [3.8, 4) is 0 Å². The molecule has 136 valence electrons. The minimum atomic E-state index is -1.03. The van der Waals surface area contributed by atoms with Crippen molar-refractivity contribution < 1.29 is 19.5 Å². The molecule has 1 heterocycles. The van der Waals surface area contributed by atoms with Crippen LogP contribution in [0.4, 0.5) is 0 Å². The van der Waals surface area contributed by atoms with Crippen molar-refractivity contribution in [1.29, 1.82) is 0 Å². The number of carboxylic acids is 1. The van der Waals surface area contributed by atoms with Crippen molar-refractivity contribution in [2.24, 2.45) is 5.92 Å². The highest BCUT2D eigenvalue weighted by atomic mass is 16.4. The number of nitrogens with zero attached hydrogens (tertiary/aromatic N) is 1. The summed E-state index contributed by atoms with van der Waals surface area (Å²) in [5.74, 6) is -1.92. The summed E-state index contributed by atoms with van der Waals surface area (Å²) in [6.07, 6.45) is 2.15. The van der Waals surface area contributed by atoms with Crippen LogP contribution in [0.3, 0.4) is 0 Å². The molecule has 1 aliphatic rings. The number of aryl methyl sites for hydroxylation is 1. The third-order valence-corrected chi connectivity index (χ3v) is 4.54. The zero-order valence-corrected chi connectivity index (χ0v) is 14.8. The normalized spacial score (nSPS) is 18.2. The van der Waals surface area contributed by atoms with Gasteiger partial charge < -0.3 is 15.3 Å². The fraction of sp³-hybridized carbons (Fsp3) is 0.526. The Bertz CT molecular complexity index is 627. The predicted molar refractivity (Wildman–Crippen MR) is 93.8 cm³/mol. The summed E-state index contributed by atoms with van der Waals surface area (Å²) in [7, 11) is 0. The first kappa shape index (κ1) is 19.0. The number of carbonyl (C=O) groups excluding carboxylic acids is 2. The Balaban J connectivity index is 1.92. The van der Waals surface area contributed by atoms with Gasteiger partial charge in [-0.05, 0) is 18.9 Å². The molecule has 1 unspecified atom stereocenters. The molecule has 2 N–H and O–H groups in total. The van der Waals surface area contributed by atoms with E-state index in [0.717, 1.165) is 24.0 Å². The van der Waals surface area contributed by atoms with Gasteiger partial charge >= 0.3 is 5.97 Å². The fourth-order valence-corrected chi connectivity index (χ4v) is 2.97. The molecule has 0 bridgehead atoms. The van der Waals surface area contributed by atoms with E-state index in [4.69, 9.17) is 0 Å². The van der Waals surface area contributed by atoms with Crippen LogP contribution in [0.5, 0.6) is 0 Å². The minimum absolute atomic E-state index is 0.0684. The summed E-state index contributed by atoms with van der Waals surface area (Å²) in [6, 6.07) is 7.05. The van der Waals surface area contributed by atoms with Crippen LogP contribution in [0.15, 0.2) is 24.3 Å². The standard InChI is InChI=1S/C19H26N2O4/c1-3-4-5-16(19(24)25)20-18(23)15-10-17(22)21(12-15)11-14-8-6-13(2)7-9-14/h6-9,15-16H,3-5,10-12H2,1-2H3,(H,20,23)(H,24,25)/t15?,16-/m0/s1. The van der Waals surface area contributed by atoms with E-state index in [-0.39, 0.29) is 18.2 Å². The van der Waals surface area contributed by atoms with Gasteiger partial charge in [0.1, 0.15) is 6.04 Å². The van der Waals surface area contributed by atoms with E-state index in [9.17, 15) is 19.5 Å². The van der Waals surface area contributed by atoms with Crippen LogP contribution in [0.1, 0.15) is 43.7 Å². The van der Waals surface area contributed by atoms with Crippen molar-refractivity contribution in [3.63, 3.8) is 0 Å². The highest BCUT2D eigenvalue weighted by molar-refractivity contribution is 5.91. The summed E-state index contributed by atoms with van der Waals surface area (Å²) >= 11 is 0. The maximum atomic E-state index is 12.4. The second-order valence-corrected chi connectivity index (χ2v) is 6.70. The molecule has 0 radical (unpaired) electrons. The van der Waals surface area contributed by atoms with E-state index in [1.54, 1.807) is 4.90 Å². The van der Waals surface area contributed by atoms with Crippen molar-refractivity contribution in [3.05, 3.63) is 35.4 Å². The van der Waals surface area contributed by atoms with Crippen molar-refractivity contribution in [1.82, 2.24) is 10.2 Å². The number of aliphatic carboxylic acids is 1. The summed E-state index contributed by atoms with van der Waals surface area (Å²) in [4.78, 5) is 37.5. The number of nitrogens with one attached hydrogen (secondary N) is 1. The van der Waals surface area contributed by atoms with Crippen LogP contribution in [0.2, 0.25) is 0 Å². The van der Waals surface area contributed by atoms with Gasteiger partial charge in [0.05, 0.1) is 5.92 Å². The lowest BCUT2D eigenvalue weighted by molar-refractivity contribution is -0.142. The van der Waals surface area contributed by atoms with Crippen LogP contribution < -0.4 is 5.32 Å². The first-order valence-electron chi connectivity index (χ1n) is 8.77. The summed E-state index contributed by atoms with van der Waals surface area (Å²) in [6.45, 7) is 4.78. The topological polar surface area (TPSA) is 86.7 Å². The minimum Gasteiger partial charge on any atom is -0.480 e. The molecule has 2 atom stereocenters. The Morgan fingerprint density at radius 3 is 2.60 bits per heavy atom. The van der Waals surface area contributed by atoms with E-state index >= 15 is 0 Å². The third-order valence-electron chi connectivity index (χ3n) is 4.54. The summed E-state index contributed by atoms with van der Waals surface area (Å²) in [5, 5.41) is 11.8. The predicted octanol–water partition coefficient (Wildman–Crippen LogP) is 2.10. The summed E-state index contributed by atoms with van der Waals surface area (Å²) in [5.41, 5.74) is 2.17. The van der Waals surface area contributed by atoms with Gasteiger partial charge in [-0.2, -0.15) is 0 Å². The summed E-state index contributed by atoms with van der Waals surface area (Å²) < 4.78 is 0. The third kappa shape index (κ3) is 5.31. The van der Waals surface area contributed by atoms with Crippen LogP contribution in [0.25, 0.3) is 0 Å². The lowest BCUT2D eigenvalue weighted by Gasteiger charge is -2.18. The number of likely N-dealkylation sites (tertiary alicyclic amines) is 1. The average Bonchev–Trinajstić information content (AvgIpc) is 2.94. The largest absolute Gasteiger partial charge is 0.480 e. The molecule has 6 heteroatoms. The molecule has 2 rings (SSSR count). The van der Waals surface area contributed by atoms with Crippen LogP contribution in [-0.4, -0.2) is 40.4 Å². The molecule has 0 saturated carbocycles. The van der Waals surface area contributed by atoms with E-state index in [2.05, 4.69) is 5.32 Å². The van der Waals surface area contributed by atoms with Gasteiger partial charge in [0.15, 0.2) is 0 Å². The Labute approximate surface area is 148 Å². The molecule has 1 aliphatic heterocycles. The quantitative estimate of drug-likeness (QED) is 0.755. The first-order chi connectivity index (χ1) is 11.9. The molecule has 1 aromatic carbocycles. The molecular weight excluding hydrogens is 320 g/mol. The second kappa shape index (κ2) is 8.65. The molecule has 6 nitrogen and oxygen atoms in total. The first-order valence-corrected chi connectivity index (χ1v) is 8.77. The number of unbranched alkanes of at least 4 members (excludes halogenated alkanes) is 1. The van der Waals surface area contributed by atoms with Gasteiger partial charge in [0.2, 0.25) is 11.8 Å². The SMILES string of the molecule is CCCC[C@H](NC(=O)C1CC(=O)N(Cc2ccc(C)cc2)C1)C(=O)O. The number of amides is 2. The molecule has 0 aliphatic carbocycles. The number of benzene rings is 1. The second-order valence-electron chi connectivity index (χ2n) is 6.70. The zero-order chi connectivity index (χ0) is 18.4. The molecule has 25 heavy (non-hydrogen) atoms. The number of hydrogen-bond acceptors (Lipinski definition) is 3. The lowest BCUT2D eigenvalue weighted by atomic mass is 10.1. The Kier molecular flexibility index (Phi) is 6.56. The van der Waals surface area contributed by atoms with E-state index in [0.29, 0.717) is 19.5 Å². The number of rotatable bonds is 8. The Morgan fingerprint density at radius 2 is 2.00 bits per heavy atom. The van der Waals surface area contributed by atoms with Gasteiger partial charge in [0, 0.05) is 19.5 Å². The molecule has 1 fully saturated rings. The maximum Gasteiger partial charge on any atom is 0.326 e. The van der Waals surface area contributed by atoms with Crippen LogP contribution in [-0.2, 0) is 20.9 Å². The molecule has 1 saturated heterocycles. The number of carbonyl (C=O) groups is 3. The van der Waals surface area contributed by atoms with E-state index in [1.165, 1.54) is 0 Å². The van der Waals surface area contributed by atoms with Gasteiger partial charge in [-0.25, -0.2) is 4.79 Å². The van der Waals surface area contributed by atoms with Crippen LogP contribution >= 0.6 is 0 Å². The van der Waals surface area contributed by atoms with E-state index in [1.807, 2.05) is 38.1 Å². The van der Waals surface area contributed by atoms with Gasteiger partial charge in [-0.1, -0.05) is 49.6 Å². The molecule has 0 spiro atoms. The smallest absolute Gasteiger partial charge is 0.326 e. The maximum absolute atomic E-state index is 12.4. The van der Waals surface area contributed by atoms with Crippen molar-refractivity contribution >= 4 is 17.8 Å². The van der Waals surface area contributed by atoms with Gasteiger partial charge in [-0.3, -0.25) is 9.59 Å². The van der Waals surface area contributed by atoms with Crippen molar-refractivity contribution in [2.75, 3.05) is 6.54 Å². The highest BCUT2D eigenvalue weighted by Crippen LogP contribution is 2.21. The number of hydrogen-bond donors (Lipinski definition) is 2. The average molecular weight is 346 g/mol. The van der Waals surface area contributed by atoms with Crippen molar-refractivity contribution in [2.45, 2.75) is 52.1 Å². The molecule has 2 amide bonds. The highest BCUT2D eigenvalue weighted by Gasteiger charge is 2.35. The molecule has 0 aromatic heterocycles. The molecular formula is C19H26N2O4. The van der Waals surface area contributed by atoms with Crippen LogP contribution in [0, 0.1) is 12.8 Å². The Hall–Kier alpha value is -2.37. The van der Waals surface area contributed by atoms with E-state index < -0.39 is 17.9 Å². The monoisotopic (exact) mass is 346 g/mol.